The number of carbonyl (C=O) groups is 1. The van der Waals surface area contributed by atoms with Crippen LogP contribution in [0.4, 0.5) is 0 Å². The Labute approximate surface area is 88.3 Å². The van der Waals surface area contributed by atoms with Crippen molar-refractivity contribution in [3.63, 3.8) is 0 Å². The predicted molar refractivity (Wildman–Crippen MR) is 54.8 cm³/mol. The first-order chi connectivity index (χ1) is 7.24. The molecule has 0 radical (unpaired) electrons. The van der Waals surface area contributed by atoms with Gasteiger partial charge in [-0.2, -0.15) is 0 Å². The summed E-state index contributed by atoms with van der Waals surface area (Å²) in [6, 6.07) is 0. The summed E-state index contributed by atoms with van der Waals surface area (Å²) in [5, 5.41) is 19.1. The van der Waals surface area contributed by atoms with E-state index in [1.165, 1.54) is 17.3 Å². The van der Waals surface area contributed by atoms with E-state index in [-0.39, 0.29) is 5.69 Å². The third-order valence-electron chi connectivity index (χ3n) is 1.98. The van der Waals surface area contributed by atoms with Gasteiger partial charge in [-0.1, -0.05) is 18.6 Å². The third kappa shape index (κ3) is 4.07. The second-order valence-corrected chi connectivity index (χ2v) is 3.28. The number of carboxylic acids is 1. The van der Waals surface area contributed by atoms with Crippen LogP contribution in [0.3, 0.4) is 0 Å². The van der Waals surface area contributed by atoms with E-state index in [1.807, 2.05) is 0 Å². The minimum atomic E-state index is -1.04. The second kappa shape index (κ2) is 6.13. The van der Waals surface area contributed by atoms with Crippen molar-refractivity contribution in [2.24, 2.45) is 0 Å². The van der Waals surface area contributed by atoms with Gasteiger partial charge in [-0.15, -0.1) is 5.10 Å². The highest BCUT2D eigenvalue weighted by Gasteiger charge is 2.07. The molecule has 0 amide bonds. The SMILES string of the molecule is CCCCNCCn1cc(C(=O)O)nn1. The number of rotatable bonds is 7. The van der Waals surface area contributed by atoms with E-state index in [1.54, 1.807) is 0 Å². The Morgan fingerprint density at radius 3 is 3.00 bits per heavy atom. The first-order valence-electron chi connectivity index (χ1n) is 5.08. The van der Waals surface area contributed by atoms with Crippen LogP contribution < -0.4 is 5.32 Å². The summed E-state index contributed by atoms with van der Waals surface area (Å²) in [7, 11) is 0. The lowest BCUT2D eigenvalue weighted by Crippen LogP contribution is -2.21. The first-order valence-corrected chi connectivity index (χ1v) is 5.08. The molecule has 0 saturated carbocycles. The van der Waals surface area contributed by atoms with Crippen molar-refractivity contribution in [3.8, 4) is 0 Å². The van der Waals surface area contributed by atoms with E-state index in [0.717, 1.165) is 19.5 Å². The standard InChI is InChI=1S/C9H16N4O2/c1-2-3-4-10-5-6-13-7-8(9(14)15)11-12-13/h7,10H,2-6H2,1H3,(H,14,15). The first kappa shape index (κ1) is 11.6. The molecule has 0 aliphatic carbocycles. The van der Waals surface area contributed by atoms with Gasteiger partial charge in [-0.3, -0.25) is 4.68 Å². The summed E-state index contributed by atoms with van der Waals surface area (Å²) in [5.74, 6) is -1.04. The summed E-state index contributed by atoms with van der Waals surface area (Å²) >= 11 is 0. The molecule has 0 bridgehead atoms. The molecule has 0 saturated heterocycles. The Bertz CT molecular complexity index is 311. The lowest BCUT2D eigenvalue weighted by atomic mass is 10.3. The van der Waals surface area contributed by atoms with Crippen molar-refractivity contribution >= 4 is 5.97 Å². The van der Waals surface area contributed by atoms with Crippen LogP contribution in [0, 0.1) is 0 Å². The fourth-order valence-electron chi connectivity index (χ4n) is 1.13. The smallest absolute Gasteiger partial charge is 0.358 e. The lowest BCUT2D eigenvalue weighted by Gasteiger charge is -2.02. The van der Waals surface area contributed by atoms with Crippen LogP contribution in [0.25, 0.3) is 0 Å². The Morgan fingerprint density at radius 2 is 2.40 bits per heavy atom. The van der Waals surface area contributed by atoms with Crippen LogP contribution >= 0.6 is 0 Å². The Morgan fingerprint density at radius 1 is 1.60 bits per heavy atom. The molecule has 6 heteroatoms. The molecule has 1 heterocycles. The Kier molecular flexibility index (Phi) is 4.76. The molecule has 0 aliphatic rings. The minimum absolute atomic E-state index is 0.0106. The molecule has 0 unspecified atom stereocenters. The highest BCUT2D eigenvalue weighted by Crippen LogP contribution is 1.91. The molecule has 0 spiro atoms. The van der Waals surface area contributed by atoms with Crippen LogP contribution in [0.15, 0.2) is 6.20 Å². The average molecular weight is 212 g/mol. The number of hydrogen-bond acceptors (Lipinski definition) is 4. The monoisotopic (exact) mass is 212 g/mol. The maximum Gasteiger partial charge on any atom is 0.358 e. The topological polar surface area (TPSA) is 80.0 Å². The van der Waals surface area contributed by atoms with Gasteiger partial charge in [-0.25, -0.2) is 4.79 Å². The molecule has 0 fully saturated rings. The fraction of sp³-hybridized carbons (Fsp3) is 0.667. The molecule has 1 rings (SSSR count). The molecule has 2 N–H and O–H groups in total. The van der Waals surface area contributed by atoms with Crippen molar-refractivity contribution < 1.29 is 9.90 Å². The number of unbranched alkanes of at least 4 members (excludes halogenated alkanes) is 1. The summed E-state index contributed by atoms with van der Waals surface area (Å²) in [6.45, 7) is 4.54. The third-order valence-corrected chi connectivity index (χ3v) is 1.98. The van der Waals surface area contributed by atoms with Gasteiger partial charge < -0.3 is 10.4 Å². The van der Waals surface area contributed by atoms with Gasteiger partial charge in [0.05, 0.1) is 12.7 Å². The van der Waals surface area contributed by atoms with Crippen LogP contribution in [0.5, 0.6) is 0 Å². The highest BCUT2D eigenvalue weighted by atomic mass is 16.4. The van der Waals surface area contributed by atoms with Gasteiger partial charge >= 0.3 is 5.97 Å². The molecule has 0 aliphatic heterocycles. The summed E-state index contributed by atoms with van der Waals surface area (Å²) in [5.41, 5.74) is -0.0106. The fourth-order valence-corrected chi connectivity index (χ4v) is 1.13. The number of carboxylic acid groups (broad SMARTS) is 1. The highest BCUT2D eigenvalue weighted by molar-refractivity contribution is 5.84. The Hall–Kier alpha value is -1.43. The van der Waals surface area contributed by atoms with Crippen LogP contribution in [-0.4, -0.2) is 39.2 Å². The molecule has 0 aromatic carbocycles. The molecular formula is C9H16N4O2. The largest absolute Gasteiger partial charge is 0.476 e. The molecule has 1 aromatic heterocycles. The molecule has 15 heavy (non-hydrogen) atoms. The number of aromatic carboxylic acids is 1. The zero-order valence-electron chi connectivity index (χ0n) is 8.81. The summed E-state index contributed by atoms with van der Waals surface area (Å²) in [6.07, 6.45) is 3.75. The summed E-state index contributed by atoms with van der Waals surface area (Å²) in [4.78, 5) is 10.5. The molecule has 84 valence electrons. The van der Waals surface area contributed by atoms with E-state index in [0.29, 0.717) is 6.54 Å². The average Bonchev–Trinajstić information content (AvgIpc) is 2.66. The lowest BCUT2D eigenvalue weighted by molar-refractivity contribution is 0.0690. The van der Waals surface area contributed by atoms with Crippen LogP contribution in [0.2, 0.25) is 0 Å². The zero-order chi connectivity index (χ0) is 11.1. The van der Waals surface area contributed by atoms with Crippen molar-refractivity contribution in [2.45, 2.75) is 26.3 Å². The predicted octanol–water partition coefficient (Wildman–Crippen LogP) is 0.366. The zero-order valence-corrected chi connectivity index (χ0v) is 8.81. The van der Waals surface area contributed by atoms with E-state index in [2.05, 4.69) is 22.6 Å². The number of hydrogen-bond donors (Lipinski definition) is 2. The van der Waals surface area contributed by atoms with Gasteiger partial charge in [0.25, 0.3) is 0 Å². The van der Waals surface area contributed by atoms with Crippen molar-refractivity contribution in [1.82, 2.24) is 20.3 Å². The van der Waals surface area contributed by atoms with Crippen molar-refractivity contribution in [3.05, 3.63) is 11.9 Å². The number of aromatic nitrogens is 3. The minimum Gasteiger partial charge on any atom is -0.476 e. The maximum atomic E-state index is 10.5. The van der Waals surface area contributed by atoms with E-state index < -0.39 is 5.97 Å². The van der Waals surface area contributed by atoms with Crippen LogP contribution in [0.1, 0.15) is 30.3 Å². The van der Waals surface area contributed by atoms with Gasteiger partial charge in [0.1, 0.15) is 0 Å². The maximum absolute atomic E-state index is 10.5. The van der Waals surface area contributed by atoms with Gasteiger partial charge in [-0.05, 0) is 13.0 Å². The Balaban J connectivity index is 2.23. The molecule has 0 atom stereocenters. The van der Waals surface area contributed by atoms with Crippen LogP contribution in [-0.2, 0) is 6.54 Å². The molecular weight excluding hydrogens is 196 g/mol. The van der Waals surface area contributed by atoms with Gasteiger partial charge in [0.2, 0.25) is 0 Å². The number of nitrogens with zero attached hydrogens (tertiary/aromatic N) is 3. The summed E-state index contributed by atoms with van der Waals surface area (Å²) < 4.78 is 1.53. The van der Waals surface area contributed by atoms with Crippen molar-refractivity contribution in [1.29, 1.82) is 0 Å². The van der Waals surface area contributed by atoms with E-state index in [4.69, 9.17) is 5.11 Å². The quantitative estimate of drug-likeness (QED) is 0.638. The van der Waals surface area contributed by atoms with Gasteiger partial charge in [0, 0.05) is 6.54 Å². The van der Waals surface area contributed by atoms with E-state index >= 15 is 0 Å². The number of nitrogens with one attached hydrogen (secondary N) is 1. The normalized spacial score (nSPS) is 10.5. The van der Waals surface area contributed by atoms with Crippen molar-refractivity contribution in [2.75, 3.05) is 13.1 Å². The van der Waals surface area contributed by atoms with Gasteiger partial charge in [0.15, 0.2) is 5.69 Å². The molecule has 6 nitrogen and oxygen atoms in total. The van der Waals surface area contributed by atoms with E-state index in [9.17, 15) is 4.79 Å². The molecule has 1 aromatic rings. The second-order valence-electron chi connectivity index (χ2n) is 3.28.